The van der Waals surface area contributed by atoms with Gasteiger partial charge in [0.25, 0.3) is 0 Å². The van der Waals surface area contributed by atoms with Crippen LogP contribution < -0.4 is 5.32 Å². The SMILES string of the molecule is CC1(C)CCc2c(CNCC(F)(F)F)csc2C1. The highest BCUT2D eigenvalue weighted by molar-refractivity contribution is 7.10. The number of thiophene rings is 1. The molecule has 0 spiro atoms. The fraction of sp³-hybridized carbons (Fsp3) is 0.692. The minimum atomic E-state index is -4.13. The van der Waals surface area contributed by atoms with Crippen molar-refractivity contribution in [3.8, 4) is 0 Å². The molecule has 1 aliphatic carbocycles. The Hall–Kier alpha value is -0.550. The van der Waals surface area contributed by atoms with Gasteiger partial charge in [0.1, 0.15) is 0 Å². The first-order valence-electron chi connectivity index (χ1n) is 6.12. The highest BCUT2D eigenvalue weighted by atomic mass is 32.1. The van der Waals surface area contributed by atoms with E-state index in [2.05, 4.69) is 19.2 Å². The molecule has 0 aliphatic heterocycles. The molecule has 1 aromatic rings. The van der Waals surface area contributed by atoms with E-state index in [4.69, 9.17) is 0 Å². The molecule has 2 rings (SSSR count). The van der Waals surface area contributed by atoms with Crippen molar-refractivity contribution in [1.82, 2.24) is 5.32 Å². The van der Waals surface area contributed by atoms with Crippen LogP contribution in [0.15, 0.2) is 5.38 Å². The Bertz CT molecular complexity index is 420. The molecule has 1 nitrogen and oxygen atoms in total. The Kier molecular flexibility index (Phi) is 3.74. The summed E-state index contributed by atoms with van der Waals surface area (Å²) < 4.78 is 36.2. The van der Waals surface area contributed by atoms with Crippen molar-refractivity contribution in [2.24, 2.45) is 5.41 Å². The van der Waals surface area contributed by atoms with Crippen molar-refractivity contribution < 1.29 is 13.2 Å². The first-order valence-corrected chi connectivity index (χ1v) is 7.00. The Labute approximate surface area is 109 Å². The summed E-state index contributed by atoms with van der Waals surface area (Å²) >= 11 is 1.69. The van der Waals surface area contributed by atoms with E-state index in [1.54, 1.807) is 11.3 Å². The molecule has 0 atom stereocenters. The van der Waals surface area contributed by atoms with Gasteiger partial charge in [-0.1, -0.05) is 13.8 Å². The largest absolute Gasteiger partial charge is 0.401 e. The fourth-order valence-electron chi connectivity index (χ4n) is 2.39. The van der Waals surface area contributed by atoms with Crippen LogP contribution in [0.5, 0.6) is 0 Å². The Morgan fingerprint density at radius 3 is 2.78 bits per heavy atom. The molecule has 0 radical (unpaired) electrons. The molecule has 1 aliphatic rings. The normalized spacial score (nSPS) is 18.7. The lowest BCUT2D eigenvalue weighted by molar-refractivity contribution is -0.125. The predicted octanol–water partition coefficient (Wildman–Crippen LogP) is 3.91. The topological polar surface area (TPSA) is 12.0 Å². The van der Waals surface area contributed by atoms with Gasteiger partial charge in [0.05, 0.1) is 6.54 Å². The monoisotopic (exact) mass is 277 g/mol. The van der Waals surface area contributed by atoms with Gasteiger partial charge in [-0.2, -0.15) is 13.2 Å². The number of rotatable bonds is 3. The summed E-state index contributed by atoms with van der Waals surface area (Å²) in [5, 5.41) is 4.49. The maximum Gasteiger partial charge on any atom is 0.401 e. The molecule has 0 aromatic carbocycles. The molecule has 102 valence electrons. The van der Waals surface area contributed by atoms with E-state index in [0.29, 0.717) is 12.0 Å². The zero-order valence-corrected chi connectivity index (χ0v) is 11.5. The van der Waals surface area contributed by atoms with Gasteiger partial charge in [-0.25, -0.2) is 0 Å². The summed E-state index contributed by atoms with van der Waals surface area (Å²) in [4.78, 5) is 1.36. The van der Waals surface area contributed by atoms with Crippen molar-refractivity contribution >= 4 is 11.3 Å². The molecule has 0 unspecified atom stereocenters. The quantitative estimate of drug-likeness (QED) is 0.883. The molecule has 0 saturated heterocycles. The van der Waals surface area contributed by atoms with E-state index in [9.17, 15) is 13.2 Å². The van der Waals surface area contributed by atoms with Crippen LogP contribution in [-0.2, 0) is 19.4 Å². The molecule has 1 heterocycles. The number of hydrogen-bond donors (Lipinski definition) is 1. The number of alkyl halides is 3. The minimum absolute atomic E-state index is 0.325. The molecule has 5 heteroatoms. The molecule has 0 bridgehead atoms. The molecule has 1 aromatic heterocycles. The van der Waals surface area contributed by atoms with E-state index in [1.165, 1.54) is 10.4 Å². The van der Waals surface area contributed by atoms with Gasteiger partial charge >= 0.3 is 6.18 Å². The smallest absolute Gasteiger partial charge is 0.305 e. The van der Waals surface area contributed by atoms with Gasteiger partial charge in [0.15, 0.2) is 0 Å². The number of halogens is 3. The summed E-state index contributed by atoms with van der Waals surface area (Å²) in [6, 6.07) is 0. The molecule has 1 N–H and O–H groups in total. The maximum absolute atomic E-state index is 12.1. The predicted molar refractivity (Wildman–Crippen MR) is 67.9 cm³/mol. The van der Waals surface area contributed by atoms with Gasteiger partial charge in [0, 0.05) is 11.4 Å². The first kappa shape index (κ1) is 13.9. The number of nitrogens with one attached hydrogen (secondary N) is 1. The van der Waals surface area contributed by atoms with Gasteiger partial charge in [-0.05, 0) is 41.2 Å². The second-order valence-electron chi connectivity index (χ2n) is 5.72. The molecule has 0 amide bonds. The molecular weight excluding hydrogens is 259 g/mol. The molecular formula is C13H18F3NS. The van der Waals surface area contributed by atoms with Crippen molar-refractivity contribution in [2.45, 2.75) is 45.8 Å². The van der Waals surface area contributed by atoms with Crippen molar-refractivity contribution in [3.63, 3.8) is 0 Å². The van der Waals surface area contributed by atoms with Crippen LogP contribution in [0.3, 0.4) is 0 Å². The third-order valence-electron chi connectivity index (χ3n) is 3.40. The Morgan fingerprint density at radius 1 is 1.39 bits per heavy atom. The highest BCUT2D eigenvalue weighted by Crippen LogP contribution is 2.39. The summed E-state index contributed by atoms with van der Waals surface area (Å²) in [5.74, 6) is 0. The van der Waals surface area contributed by atoms with Crippen molar-refractivity contribution in [3.05, 3.63) is 21.4 Å². The summed E-state index contributed by atoms with van der Waals surface area (Å²) in [6.45, 7) is 3.91. The summed E-state index contributed by atoms with van der Waals surface area (Å²) in [6.07, 6.45) is -0.970. The van der Waals surface area contributed by atoms with Gasteiger partial charge < -0.3 is 5.32 Å². The lowest BCUT2D eigenvalue weighted by atomic mass is 9.77. The van der Waals surface area contributed by atoms with Crippen LogP contribution in [0, 0.1) is 5.41 Å². The molecule has 18 heavy (non-hydrogen) atoms. The second-order valence-corrected chi connectivity index (χ2v) is 6.69. The number of fused-ring (bicyclic) bond motifs is 1. The summed E-state index contributed by atoms with van der Waals surface area (Å²) in [5.41, 5.74) is 2.66. The van der Waals surface area contributed by atoms with Crippen LogP contribution >= 0.6 is 11.3 Å². The van der Waals surface area contributed by atoms with E-state index in [-0.39, 0.29) is 0 Å². The lowest BCUT2D eigenvalue weighted by Gasteiger charge is -2.29. The standard InChI is InChI=1S/C13H18F3NS/c1-12(2)4-3-10-9(7-18-11(10)5-12)6-17-8-13(14,15)16/h7,17H,3-6,8H2,1-2H3. The van der Waals surface area contributed by atoms with Gasteiger partial charge in [-0.3, -0.25) is 0 Å². The zero-order valence-electron chi connectivity index (χ0n) is 10.7. The fourth-order valence-corrected chi connectivity index (χ4v) is 3.75. The van der Waals surface area contributed by atoms with Gasteiger partial charge in [-0.15, -0.1) is 11.3 Å². The molecule has 0 fully saturated rings. The third kappa shape index (κ3) is 3.48. The van der Waals surface area contributed by atoms with Crippen LogP contribution in [0.25, 0.3) is 0 Å². The van der Waals surface area contributed by atoms with E-state index < -0.39 is 12.7 Å². The maximum atomic E-state index is 12.1. The zero-order chi connectivity index (χ0) is 13.4. The van der Waals surface area contributed by atoms with Crippen LogP contribution in [-0.4, -0.2) is 12.7 Å². The minimum Gasteiger partial charge on any atom is -0.305 e. The number of hydrogen-bond acceptors (Lipinski definition) is 2. The highest BCUT2D eigenvalue weighted by Gasteiger charge is 2.29. The second kappa shape index (κ2) is 4.85. The lowest BCUT2D eigenvalue weighted by Crippen LogP contribution is -2.29. The van der Waals surface area contributed by atoms with Crippen molar-refractivity contribution in [2.75, 3.05) is 6.54 Å². The van der Waals surface area contributed by atoms with E-state index in [1.807, 2.05) is 5.38 Å². The summed E-state index contributed by atoms with van der Waals surface area (Å²) in [7, 11) is 0. The molecule has 0 saturated carbocycles. The first-order chi connectivity index (χ1) is 8.27. The third-order valence-corrected chi connectivity index (χ3v) is 4.48. The van der Waals surface area contributed by atoms with Crippen LogP contribution in [0.1, 0.15) is 36.3 Å². The average Bonchev–Trinajstić information content (AvgIpc) is 2.57. The Balaban J connectivity index is 1.98. The van der Waals surface area contributed by atoms with Crippen molar-refractivity contribution in [1.29, 1.82) is 0 Å². The van der Waals surface area contributed by atoms with Crippen LogP contribution in [0.2, 0.25) is 0 Å². The van der Waals surface area contributed by atoms with Crippen LogP contribution in [0.4, 0.5) is 13.2 Å². The van der Waals surface area contributed by atoms with E-state index >= 15 is 0 Å². The van der Waals surface area contributed by atoms with E-state index in [0.717, 1.165) is 24.8 Å². The average molecular weight is 277 g/mol. The Morgan fingerprint density at radius 2 is 2.11 bits per heavy atom. The van der Waals surface area contributed by atoms with Gasteiger partial charge in [0.2, 0.25) is 0 Å².